The Morgan fingerprint density at radius 1 is 1.21 bits per heavy atom. The maximum atomic E-state index is 11.8. The molecule has 6 nitrogen and oxygen atoms in total. The van der Waals surface area contributed by atoms with E-state index in [0.29, 0.717) is 12.2 Å². The van der Waals surface area contributed by atoms with Crippen molar-refractivity contribution in [2.24, 2.45) is 7.05 Å². The number of nitrogens with zero attached hydrogens (tertiary/aromatic N) is 3. The van der Waals surface area contributed by atoms with E-state index in [1.54, 1.807) is 6.20 Å². The number of aromatic amines is 1. The van der Waals surface area contributed by atoms with Gasteiger partial charge in [-0.15, -0.1) is 0 Å². The van der Waals surface area contributed by atoms with Gasteiger partial charge in [-0.25, -0.2) is 9.97 Å². The molecule has 0 bridgehead atoms. The molecule has 7 heteroatoms. The zero-order valence-electron chi connectivity index (χ0n) is 16.4. The second-order valence-electron chi connectivity index (χ2n) is 6.97. The smallest absolute Gasteiger partial charge is 0.251 e. The summed E-state index contributed by atoms with van der Waals surface area (Å²) < 4.78 is 2.10. The second-order valence-corrected chi connectivity index (χ2v) is 7.41. The minimum absolute atomic E-state index is 0.148. The van der Waals surface area contributed by atoms with Crippen LogP contribution in [-0.4, -0.2) is 26.1 Å². The molecule has 0 spiro atoms. The number of aromatic nitrogens is 4. The molecule has 1 aromatic carbocycles. The summed E-state index contributed by atoms with van der Waals surface area (Å²) in [6.07, 6.45) is 5.45. The Labute approximate surface area is 173 Å². The molecule has 3 aromatic heterocycles. The minimum atomic E-state index is -0.148. The van der Waals surface area contributed by atoms with Crippen molar-refractivity contribution in [1.82, 2.24) is 19.5 Å². The molecule has 2 N–H and O–H groups in total. The summed E-state index contributed by atoms with van der Waals surface area (Å²) in [6.45, 7) is 2.73. The molecule has 29 heavy (non-hydrogen) atoms. The first-order valence-corrected chi connectivity index (χ1v) is 9.95. The monoisotopic (exact) mass is 407 g/mol. The third-order valence-corrected chi connectivity index (χ3v) is 5.16. The summed E-state index contributed by atoms with van der Waals surface area (Å²) in [5, 5.41) is 5.31. The summed E-state index contributed by atoms with van der Waals surface area (Å²) in [7, 11) is 2.03. The van der Waals surface area contributed by atoms with Crippen molar-refractivity contribution in [3.05, 3.63) is 75.4 Å². The Kier molecular flexibility index (Phi) is 5.36. The molecular formula is C22H22ClN5O. The third kappa shape index (κ3) is 4.17. The topological polar surface area (TPSA) is 75.6 Å². The van der Waals surface area contributed by atoms with E-state index >= 15 is 0 Å². The number of H-pyrrole nitrogens is 1. The van der Waals surface area contributed by atoms with Crippen LogP contribution in [0, 0.1) is 0 Å². The molecule has 148 valence electrons. The zero-order valence-corrected chi connectivity index (χ0v) is 17.1. The van der Waals surface area contributed by atoms with E-state index in [4.69, 9.17) is 11.6 Å². The first kappa shape index (κ1) is 19.2. The average molecular weight is 408 g/mol. The molecule has 0 aliphatic carbocycles. The SMILES string of the molecule is CCc1cc(=O)[nH]c(-c2ccc(NCCc3cn(C)c4cc(Cl)ccc34)nc2)n1. The highest BCUT2D eigenvalue weighted by molar-refractivity contribution is 6.31. The molecule has 0 saturated heterocycles. The lowest BCUT2D eigenvalue weighted by molar-refractivity contribution is 0.941. The molecular weight excluding hydrogens is 386 g/mol. The molecule has 4 rings (SSSR count). The van der Waals surface area contributed by atoms with Gasteiger partial charge in [0, 0.05) is 59.2 Å². The van der Waals surface area contributed by atoms with Crippen LogP contribution >= 0.6 is 11.6 Å². The van der Waals surface area contributed by atoms with Gasteiger partial charge in [0.25, 0.3) is 5.56 Å². The van der Waals surface area contributed by atoms with Gasteiger partial charge in [-0.1, -0.05) is 24.6 Å². The van der Waals surface area contributed by atoms with Crippen LogP contribution in [0.2, 0.25) is 5.02 Å². The lowest BCUT2D eigenvalue weighted by Crippen LogP contribution is -2.10. The van der Waals surface area contributed by atoms with Crippen LogP contribution in [0.1, 0.15) is 18.2 Å². The number of hydrogen-bond donors (Lipinski definition) is 2. The van der Waals surface area contributed by atoms with Crippen molar-refractivity contribution in [3.8, 4) is 11.4 Å². The van der Waals surface area contributed by atoms with Crippen LogP contribution in [0.25, 0.3) is 22.3 Å². The molecule has 0 unspecified atom stereocenters. The Morgan fingerprint density at radius 2 is 2.07 bits per heavy atom. The summed E-state index contributed by atoms with van der Waals surface area (Å²) in [5.74, 6) is 1.33. The van der Waals surface area contributed by atoms with Gasteiger partial charge in [-0.2, -0.15) is 0 Å². The fourth-order valence-corrected chi connectivity index (χ4v) is 3.60. The van der Waals surface area contributed by atoms with E-state index in [0.717, 1.165) is 40.6 Å². The number of rotatable bonds is 6. The summed E-state index contributed by atoms with van der Waals surface area (Å²) >= 11 is 6.11. The van der Waals surface area contributed by atoms with Gasteiger partial charge in [0.2, 0.25) is 0 Å². The van der Waals surface area contributed by atoms with E-state index < -0.39 is 0 Å². The summed E-state index contributed by atoms with van der Waals surface area (Å²) in [4.78, 5) is 23.4. The van der Waals surface area contributed by atoms with Gasteiger partial charge < -0.3 is 14.9 Å². The largest absolute Gasteiger partial charge is 0.370 e. The molecule has 0 fully saturated rings. The predicted molar refractivity (Wildman–Crippen MR) is 118 cm³/mol. The van der Waals surface area contributed by atoms with Crippen molar-refractivity contribution in [3.63, 3.8) is 0 Å². The second kappa shape index (κ2) is 8.09. The van der Waals surface area contributed by atoms with Crippen LogP contribution in [0.4, 0.5) is 5.82 Å². The summed E-state index contributed by atoms with van der Waals surface area (Å²) in [5.41, 5.74) is 3.80. The number of fused-ring (bicyclic) bond motifs is 1. The molecule has 0 aliphatic rings. The number of pyridine rings is 1. The van der Waals surface area contributed by atoms with Crippen molar-refractivity contribution in [1.29, 1.82) is 0 Å². The van der Waals surface area contributed by atoms with Crippen LogP contribution in [0.5, 0.6) is 0 Å². The number of nitrogens with one attached hydrogen (secondary N) is 2. The first-order chi connectivity index (χ1) is 14.0. The Hall–Kier alpha value is -3.12. The van der Waals surface area contributed by atoms with Gasteiger partial charge in [0.05, 0.1) is 0 Å². The molecule has 0 aliphatic heterocycles. The van der Waals surface area contributed by atoms with Crippen LogP contribution in [0.15, 0.2) is 53.6 Å². The summed E-state index contributed by atoms with van der Waals surface area (Å²) in [6, 6.07) is 11.3. The number of hydrogen-bond acceptors (Lipinski definition) is 4. The standard InChI is InChI=1S/C22H22ClN5O/c1-3-17-11-21(29)27-22(26-17)14-4-7-20(25-12-14)24-9-8-15-13-28(2)19-10-16(23)5-6-18(15)19/h4-7,10-13H,3,8-9H2,1-2H3,(H,24,25)(H,26,27,29). The van der Waals surface area contributed by atoms with Gasteiger partial charge in [0.1, 0.15) is 11.6 Å². The minimum Gasteiger partial charge on any atom is -0.370 e. The number of benzene rings is 1. The number of anilines is 1. The third-order valence-electron chi connectivity index (χ3n) is 4.93. The van der Waals surface area contributed by atoms with Crippen LogP contribution in [-0.2, 0) is 19.9 Å². The fourth-order valence-electron chi connectivity index (χ4n) is 3.43. The van der Waals surface area contributed by atoms with Gasteiger partial charge in [-0.3, -0.25) is 4.79 Å². The molecule has 0 atom stereocenters. The maximum Gasteiger partial charge on any atom is 0.251 e. The van der Waals surface area contributed by atoms with E-state index in [2.05, 4.69) is 37.1 Å². The van der Waals surface area contributed by atoms with Gasteiger partial charge >= 0.3 is 0 Å². The van der Waals surface area contributed by atoms with Crippen molar-refractivity contribution >= 4 is 28.3 Å². The van der Waals surface area contributed by atoms with E-state index in [1.807, 2.05) is 38.2 Å². The Morgan fingerprint density at radius 3 is 2.83 bits per heavy atom. The van der Waals surface area contributed by atoms with Crippen molar-refractivity contribution in [2.75, 3.05) is 11.9 Å². The lowest BCUT2D eigenvalue weighted by atomic mass is 10.1. The molecule has 0 amide bonds. The number of aryl methyl sites for hydroxylation is 2. The molecule has 4 aromatic rings. The van der Waals surface area contributed by atoms with Crippen LogP contribution < -0.4 is 10.9 Å². The quantitative estimate of drug-likeness (QED) is 0.502. The van der Waals surface area contributed by atoms with Crippen LogP contribution in [0.3, 0.4) is 0 Å². The molecule has 3 heterocycles. The normalized spacial score (nSPS) is 11.1. The van der Waals surface area contributed by atoms with Crippen molar-refractivity contribution in [2.45, 2.75) is 19.8 Å². The van der Waals surface area contributed by atoms with Crippen molar-refractivity contribution < 1.29 is 0 Å². The zero-order chi connectivity index (χ0) is 20.4. The van der Waals surface area contributed by atoms with Gasteiger partial charge in [0.15, 0.2) is 0 Å². The van der Waals surface area contributed by atoms with E-state index in [-0.39, 0.29) is 5.56 Å². The Bertz CT molecular complexity index is 1210. The highest BCUT2D eigenvalue weighted by Gasteiger charge is 2.08. The maximum absolute atomic E-state index is 11.8. The highest BCUT2D eigenvalue weighted by atomic mass is 35.5. The first-order valence-electron chi connectivity index (χ1n) is 9.57. The highest BCUT2D eigenvalue weighted by Crippen LogP contribution is 2.24. The molecule has 0 radical (unpaired) electrons. The lowest BCUT2D eigenvalue weighted by Gasteiger charge is -2.07. The molecule has 0 saturated carbocycles. The fraction of sp³-hybridized carbons (Fsp3) is 0.227. The number of halogens is 1. The van der Waals surface area contributed by atoms with Gasteiger partial charge in [-0.05, 0) is 42.7 Å². The predicted octanol–water partition coefficient (Wildman–Crippen LogP) is 4.19. The van der Waals surface area contributed by atoms with E-state index in [9.17, 15) is 4.79 Å². The van der Waals surface area contributed by atoms with E-state index in [1.165, 1.54) is 17.0 Å². The Balaban J connectivity index is 1.44. The average Bonchev–Trinajstić information content (AvgIpc) is 3.03.